The minimum atomic E-state index is 0.294. The molecule has 0 amide bonds. The first kappa shape index (κ1) is 12.2. The lowest BCUT2D eigenvalue weighted by molar-refractivity contribution is 0.280. The highest BCUT2D eigenvalue weighted by Crippen LogP contribution is 2.12. The molecule has 0 aromatic carbocycles. The molecule has 3 nitrogen and oxygen atoms in total. The summed E-state index contributed by atoms with van der Waals surface area (Å²) in [4.78, 5) is 3.79. The molecule has 0 fully saturated rings. The summed E-state index contributed by atoms with van der Waals surface area (Å²) in [6.07, 6.45) is 1.69. The third-order valence-electron chi connectivity index (χ3n) is 2.33. The lowest BCUT2D eigenvalue weighted by Gasteiger charge is -2.19. The summed E-state index contributed by atoms with van der Waals surface area (Å²) in [5.74, 6) is 0.294. The maximum atomic E-state index is 7.15. The first-order valence-corrected chi connectivity index (χ1v) is 6.18. The Morgan fingerprint density at radius 3 is 2.93 bits per heavy atom. The topological polar surface area (TPSA) is 53.1 Å². The summed E-state index contributed by atoms with van der Waals surface area (Å²) >= 11 is 1.80. The first-order chi connectivity index (χ1) is 7.22. The van der Waals surface area contributed by atoms with Crippen LogP contribution in [0.2, 0.25) is 0 Å². The molecule has 0 aliphatic heterocycles. The van der Waals surface area contributed by atoms with Gasteiger partial charge in [-0.1, -0.05) is 13.0 Å². The van der Waals surface area contributed by atoms with Crippen LogP contribution >= 0.6 is 11.3 Å². The fourth-order valence-electron chi connectivity index (χ4n) is 1.47. The molecule has 15 heavy (non-hydrogen) atoms. The van der Waals surface area contributed by atoms with E-state index in [0.29, 0.717) is 12.3 Å². The van der Waals surface area contributed by atoms with Crippen LogP contribution in [0.1, 0.15) is 24.6 Å². The van der Waals surface area contributed by atoms with Crippen LogP contribution in [0.3, 0.4) is 0 Å². The fraction of sp³-hybridized carbons (Fsp3) is 0.545. The van der Waals surface area contributed by atoms with Gasteiger partial charge in [-0.15, -0.1) is 11.3 Å². The Bertz CT molecular complexity index is 282. The van der Waals surface area contributed by atoms with Crippen LogP contribution in [-0.4, -0.2) is 23.8 Å². The Hall–Kier alpha value is -0.870. The number of rotatable bonds is 7. The van der Waals surface area contributed by atoms with Crippen molar-refractivity contribution in [3.63, 3.8) is 0 Å². The molecule has 0 aliphatic carbocycles. The van der Waals surface area contributed by atoms with Gasteiger partial charge in [0.2, 0.25) is 0 Å². The van der Waals surface area contributed by atoms with Gasteiger partial charge in [-0.25, -0.2) is 0 Å². The van der Waals surface area contributed by atoms with Crippen molar-refractivity contribution < 1.29 is 0 Å². The molecule has 0 saturated carbocycles. The Labute approximate surface area is 95.4 Å². The van der Waals surface area contributed by atoms with Crippen LogP contribution in [0.25, 0.3) is 0 Å². The van der Waals surface area contributed by atoms with Gasteiger partial charge in [-0.2, -0.15) is 0 Å². The quantitative estimate of drug-likeness (QED) is 0.552. The van der Waals surface area contributed by atoms with Crippen molar-refractivity contribution in [3.8, 4) is 0 Å². The molecule has 0 radical (unpaired) electrons. The van der Waals surface area contributed by atoms with Gasteiger partial charge in [0.15, 0.2) is 0 Å². The van der Waals surface area contributed by atoms with Crippen molar-refractivity contribution in [2.75, 3.05) is 13.1 Å². The summed E-state index contributed by atoms with van der Waals surface area (Å²) in [7, 11) is 0. The van der Waals surface area contributed by atoms with Gasteiger partial charge in [-0.3, -0.25) is 10.3 Å². The van der Waals surface area contributed by atoms with E-state index in [1.165, 1.54) is 4.88 Å². The molecule has 3 N–H and O–H groups in total. The molecule has 0 saturated heterocycles. The van der Waals surface area contributed by atoms with Crippen molar-refractivity contribution in [2.24, 2.45) is 5.73 Å². The average molecular weight is 225 g/mol. The van der Waals surface area contributed by atoms with Crippen LogP contribution in [0.5, 0.6) is 0 Å². The lowest BCUT2D eigenvalue weighted by Crippen LogP contribution is -2.24. The summed E-state index contributed by atoms with van der Waals surface area (Å²) in [6.45, 7) is 5.26. The molecule has 0 atom stereocenters. The van der Waals surface area contributed by atoms with Gasteiger partial charge in [-0.05, 0) is 31.0 Å². The van der Waals surface area contributed by atoms with Crippen molar-refractivity contribution in [1.82, 2.24) is 4.90 Å². The predicted octanol–water partition coefficient (Wildman–Crippen LogP) is 2.29. The molecule has 84 valence electrons. The molecule has 1 rings (SSSR count). The maximum Gasteiger partial charge on any atom is 0.0905 e. The monoisotopic (exact) mass is 225 g/mol. The van der Waals surface area contributed by atoms with E-state index in [-0.39, 0.29) is 0 Å². The van der Waals surface area contributed by atoms with Gasteiger partial charge in [0.1, 0.15) is 0 Å². The van der Waals surface area contributed by atoms with Gasteiger partial charge >= 0.3 is 0 Å². The van der Waals surface area contributed by atoms with E-state index in [1.807, 2.05) is 0 Å². The summed E-state index contributed by atoms with van der Waals surface area (Å²) < 4.78 is 0. The largest absolute Gasteiger partial charge is 0.388 e. The fourth-order valence-corrected chi connectivity index (χ4v) is 2.21. The van der Waals surface area contributed by atoms with Crippen molar-refractivity contribution in [3.05, 3.63) is 22.4 Å². The highest BCUT2D eigenvalue weighted by Gasteiger charge is 2.04. The maximum absolute atomic E-state index is 7.15. The van der Waals surface area contributed by atoms with E-state index < -0.39 is 0 Å². The van der Waals surface area contributed by atoms with Gasteiger partial charge in [0.05, 0.1) is 5.84 Å². The van der Waals surface area contributed by atoms with E-state index in [1.54, 1.807) is 11.3 Å². The highest BCUT2D eigenvalue weighted by molar-refractivity contribution is 7.09. The zero-order valence-corrected chi connectivity index (χ0v) is 10.0. The third kappa shape index (κ3) is 4.95. The Morgan fingerprint density at radius 1 is 1.60 bits per heavy atom. The first-order valence-electron chi connectivity index (χ1n) is 5.30. The molecular weight excluding hydrogens is 206 g/mol. The van der Waals surface area contributed by atoms with Crippen LogP contribution in [0.4, 0.5) is 0 Å². The molecule has 1 aromatic rings. The van der Waals surface area contributed by atoms with Crippen LogP contribution in [-0.2, 0) is 6.54 Å². The van der Waals surface area contributed by atoms with Crippen LogP contribution < -0.4 is 5.73 Å². The van der Waals surface area contributed by atoms with Crippen LogP contribution in [0.15, 0.2) is 17.5 Å². The Balaban J connectivity index is 2.27. The van der Waals surface area contributed by atoms with E-state index in [9.17, 15) is 0 Å². The SMILES string of the molecule is CCN(CCCC(=N)N)Cc1cccs1. The third-order valence-corrected chi connectivity index (χ3v) is 3.19. The molecule has 0 unspecified atom stereocenters. The number of amidine groups is 1. The number of hydrogen-bond donors (Lipinski definition) is 2. The Kier molecular flexibility index (Phi) is 5.36. The molecule has 0 bridgehead atoms. The van der Waals surface area contributed by atoms with E-state index in [2.05, 4.69) is 29.3 Å². The minimum absolute atomic E-state index is 0.294. The second-order valence-corrected chi connectivity index (χ2v) is 4.61. The summed E-state index contributed by atoms with van der Waals surface area (Å²) in [5.41, 5.74) is 5.32. The standard InChI is InChI=1S/C11H19N3S/c1-2-14(7-3-6-11(12)13)9-10-5-4-8-15-10/h4-5,8H,2-3,6-7,9H2,1H3,(H3,12,13). The number of nitrogens with two attached hydrogens (primary N) is 1. The number of nitrogens with one attached hydrogen (secondary N) is 1. The second kappa shape index (κ2) is 6.58. The predicted molar refractivity (Wildman–Crippen MR) is 66.4 cm³/mol. The van der Waals surface area contributed by atoms with E-state index >= 15 is 0 Å². The number of hydrogen-bond acceptors (Lipinski definition) is 3. The summed E-state index contributed by atoms with van der Waals surface area (Å²) in [6, 6.07) is 4.25. The van der Waals surface area contributed by atoms with Gasteiger partial charge < -0.3 is 5.73 Å². The zero-order valence-electron chi connectivity index (χ0n) is 9.20. The molecule has 0 spiro atoms. The van der Waals surface area contributed by atoms with Crippen LogP contribution in [0, 0.1) is 5.41 Å². The molecular formula is C11H19N3S. The van der Waals surface area contributed by atoms with Crippen molar-refractivity contribution in [2.45, 2.75) is 26.3 Å². The summed E-state index contributed by atoms with van der Waals surface area (Å²) in [5, 5.41) is 9.26. The van der Waals surface area contributed by atoms with Crippen molar-refractivity contribution in [1.29, 1.82) is 5.41 Å². The van der Waals surface area contributed by atoms with Crippen molar-refractivity contribution >= 4 is 17.2 Å². The lowest BCUT2D eigenvalue weighted by atomic mass is 10.2. The smallest absolute Gasteiger partial charge is 0.0905 e. The normalized spacial score (nSPS) is 10.8. The zero-order chi connectivity index (χ0) is 11.1. The second-order valence-electron chi connectivity index (χ2n) is 3.58. The molecule has 1 aromatic heterocycles. The highest BCUT2D eigenvalue weighted by atomic mass is 32.1. The van der Waals surface area contributed by atoms with E-state index in [0.717, 1.165) is 26.1 Å². The van der Waals surface area contributed by atoms with Gasteiger partial charge in [0, 0.05) is 17.8 Å². The average Bonchev–Trinajstić information content (AvgIpc) is 2.68. The Morgan fingerprint density at radius 2 is 2.40 bits per heavy atom. The van der Waals surface area contributed by atoms with E-state index in [4.69, 9.17) is 11.1 Å². The molecule has 1 heterocycles. The molecule has 0 aliphatic rings. The van der Waals surface area contributed by atoms with Gasteiger partial charge in [0.25, 0.3) is 0 Å². The molecule has 4 heteroatoms. The number of nitrogens with zero attached hydrogens (tertiary/aromatic N) is 1. The minimum Gasteiger partial charge on any atom is -0.388 e. The number of thiophene rings is 1.